The molecule has 2 aromatic heterocycles. The zero-order valence-corrected chi connectivity index (χ0v) is 20.1. The number of nitrogens with zero attached hydrogens (tertiary/aromatic N) is 2. The van der Waals surface area contributed by atoms with Gasteiger partial charge in [-0.1, -0.05) is 17.7 Å². The lowest BCUT2D eigenvalue weighted by atomic mass is 10.1. The van der Waals surface area contributed by atoms with Crippen molar-refractivity contribution >= 4 is 44.9 Å². The molecule has 0 radical (unpaired) electrons. The van der Waals surface area contributed by atoms with Crippen LogP contribution in [0.3, 0.4) is 0 Å². The molecule has 178 valence electrons. The number of hydrogen-bond acceptors (Lipinski definition) is 6. The van der Waals surface area contributed by atoms with Gasteiger partial charge < -0.3 is 0 Å². The number of nitrogens with one attached hydrogen (secondary N) is 1. The lowest BCUT2D eigenvalue weighted by molar-refractivity contribution is 0.0959. The summed E-state index contributed by atoms with van der Waals surface area (Å²) in [5, 5.41) is 4.33. The van der Waals surface area contributed by atoms with Crippen molar-refractivity contribution in [2.75, 3.05) is 0 Å². The van der Waals surface area contributed by atoms with E-state index in [1.165, 1.54) is 60.1 Å². The first-order valence-electron chi connectivity index (χ1n) is 10.0. The van der Waals surface area contributed by atoms with E-state index in [0.29, 0.717) is 15.5 Å². The van der Waals surface area contributed by atoms with E-state index in [0.717, 1.165) is 18.2 Å². The highest BCUT2D eigenvalue weighted by atomic mass is 35.5. The van der Waals surface area contributed by atoms with Crippen LogP contribution in [0.1, 0.15) is 31.7 Å². The molecular formula is C24H16ClF2N3O3S2. The predicted octanol–water partition coefficient (Wildman–Crippen LogP) is 5.40. The van der Waals surface area contributed by atoms with Gasteiger partial charge in [0, 0.05) is 22.3 Å². The number of hydrazone groups is 1. The summed E-state index contributed by atoms with van der Waals surface area (Å²) in [7, 11) is -4.25. The van der Waals surface area contributed by atoms with E-state index in [1.807, 2.05) is 0 Å². The third kappa shape index (κ3) is 5.61. The van der Waals surface area contributed by atoms with Gasteiger partial charge in [-0.05, 0) is 66.0 Å². The lowest BCUT2D eigenvalue weighted by Gasteiger charge is -2.19. The number of sulfone groups is 1. The van der Waals surface area contributed by atoms with E-state index < -0.39 is 26.7 Å². The molecule has 0 bridgehead atoms. The Bertz CT molecular complexity index is 1480. The average molecular weight is 532 g/mol. The van der Waals surface area contributed by atoms with E-state index in [2.05, 4.69) is 15.5 Å². The average Bonchev–Trinajstić information content (AvgIpc) is 3.38. The second-order valence-corrected chi connectivity index (χ2v) is 10.7. The van der Waals surface area contributed by atoms with Crippen molar-refractivity contribution in [3.63, 3.8) is 0 Å². The number of benzene rings is 2. The number of carbonyl (C=O) groups is 1. The molecule has 1 unspecified atom stereocenters. The smallest absolute Gasteiger partial charge is 0.266 e. The molecule has 0 aliphatic rings. The highest BCUT2D eigenvalue weighted by molar-refractivity contribution is 7.91. The van der Waals surface area contributed by atoms with Gasteiger partial charge in [-0.15, -0.1) is 11.3 Å². The minimum atomic E-state index is -4.25. The summed E-state index contributed by atoms with van der Waals surface area (Å²) in [6, 6.07) is 14.3. The highest BCUT2D eigenvalue weighted by Crippen LogP contribution is 2.36. The Balaban J connectivity index is 1.67. The van der Waals surface area contributed by atoms with Gasteiger partial charge >= 0.3 is 0 Å². The Hall–Kier alpha value is -3.47. The summed E-state index contributed by atoms with van der Waals surface area (Å²) in [5.41, 5.74) is 2.42. The zero-order chi connectivity index (χ0) is 25.0. The van der Waals surface area contributed by atoms with Crippen LogP contribution in [0, 0.1) is 11.6 Å². The molecule has 0 spiro atoms. The second kappa shape index (κ2) is 10.4. The molecule has 1 atom stereocenters. The number of hydrogen-bond donors (Lipinski definition) is 1. The van der Waals surface area contributed by atoms with Gasteiger partial charge in [0.2, 0.25) is 0 Å². The molecule has 4 aromatic rings. The molecule has 2 heterocycles. The van der Waals surface area contributed by atoms with Crippen molar-refractivity contribution in [1.29, 1.82) is 0 Å². The van der Waals surface area contributed by atoms with E-state index in [4.69, 9.17) is 11.6 Å². The fourth-order valence-electron chi connectivity index (χ4n) is 3.24. The maximum Gasteiger partial charge on any atom is 0.281 e. The first-order chi connectivity index (χ1) is 16.8. The van der Waals surface area contributed by atoms with Crippen LogP contribution < -0.4 is 5.43 Å². The van der Waals surface area contributed by atoms with Crippen molar-refractivity contribution in [2.45, 2.75) is 10.1 Å². The Morgan fingerprint density at radius 2 is 1.86 bits per heavy atom. The van der Waals surface area contributed by atoms with Crippen molar-refractivity contribution in [1.82, 2.24) is 10.4 Å². The molecule has 0 saturated carbocycles. The van der Waals surface area contributed by atoms with Crippen LogP contribution in [0.25, 0.3) is 0 Å². The summed E-state index contributed by atoms with van der Waals surface area (Å²) >= 11 is 7.14. The van der Waals surface area contributed by atoms with Crippen molar-refractivity contribution in [2.24, 2.45) is 5.10 Å². The second-order valence-electron chi connectivity index (χ2n) is 7.24. The molecule has 0 saturated heterocycles. The standard InChI is InChI=1S/C24H16ClF2N3O3S2/c25-16-4-7-18(8-5-16)35(32,33)23(19-12-17(26)6-9-20(19)27)21-10-3-15(13-28-21)14-29-30-24(31)22-2-1-11-34-22/h1-14,23H,(H,30,31)/b29-14+. The van der Waals surface area contributed by atoms with Gasteiger partial charge in [0.1, 0.15) is 16.9 Å². The molecular weight excluding hydrogens is 516 g/mol. The molecule has 0 aliphatic heterocycles. The van der Waals surface area contributed by atoms with Crippen molar-refractivity contribution in [3.05, 3.63) is 117 Å². The third-order valence-corrected chi connectivity index (χ3v) is 8.06. The molecule has 6 nitrogen and oxygen atoms in total. The van der Waals surface area contributed by atoms with Crippen LogP contribution >= 0.6 is 22.9 Å². The number of thiophene rings is 1. The maximum absolute atomic E-state index is 14.7. The number of rotatable bonds is 7. The number of amides is 1. The molecule has 2 aromatic carbocycles. The van der Waals surface area contributed by atoms with Crippen LogP contribution in [0.5, 0.6) is 0 Å². The minimum absolute atomic E-state index is 0.0239. The van der Waals surface area contributed by atoms with Crippen LogP contribution in [0.4, 0.5) is 8.78 Å². The predicted molar refractivity (Wildman–Crippen MR) is 130 cm³/mol. The molecule has 11 heteroatoms. The fraction of sp³-hybridized carbons (Fsp3) is 0.0417. The summed E-state index contributed by atoms with van der Waals surface area (Å²) in [6.07, 6.45) is 2.64. The van der Waals surface area contributed by atoms with Crippen LogP contribution in [-0.4, -0.2) is 25.5 Å². The molecule has 1 N–H and O–H groups in total. The van der Waals surface area contributed by atoms with Crippen molar-refractivity contribution in [3.8, 4) is 0 Å². The topological polar surface area (TPSA) is 88.5 Å². The molecule has 4 rings (SSSR count). The normalized spacial score (nSPS) is 12.5. The number of aromatic nitrogens is 1. The van der Waals surface area contributed by atoms with Crippen LogP contribution in [0.15, 0.2) is 88.3 Å². The maximum atomic E-state index is 14.7. The summed E-state index contributed by atoms with van der Waals surface area (Å²) < 4.78 is 55.7. The highest BCUT2D eigenvalue weighted by Gasteiger charge is 2.34. The van der Waals surface area contributed by atoms with E-state index in [-0.39, 0.29) is 22.1 Å². The summed E-state index contributed by atoms with van der Waals surface area (Å²) in [6.45, 7) is 0. The molecule has 0 aliphatic carbocycles. The Labute approximate surface area is 208 Å². The minimum Gasteiger partial charge on any atom is -0.266 e. The Kier molecular flexibility index (Phi) is 7.34. The Morgan fingerprint density at radius 3 is 2.51 bits per heavy atom. The molecule has 35 heavy (non-hydrogen) atoms. The van der Waals surface area contributed by atoms with Gasteiger partial charge in [-0.25, -0.2) is 22.6 Å². The van der Waals surface area contributed by atoms with Gasteiger partial charge in [-0.2, -0.15) is 5.10 Å². The van der Waals surface area contributed by atoms with Gasteiger partial charge in [0.05, 0.1) is 21.7 Å². The first-order valence-corrected chi connectivity index (χ1v) is 12.8. The van der Waals surface area contributed by atoms with Crippen LogP contribution in [-0.2, 0) is 9.84 Å². The SMILES string of the molecule is O=C(N/N=C/c1ccc(C(c2cc(F)ccc2F)S(=O)(=O)c2ccc(Cl)cc2)nc1)c1cccs1. The van der Waals surface area contributed by atoms with Gasteiger partial charge in [0.15, 0.2) is 9.84 Å². The number of carbonyl (C=O) groups excluding carboxylic acids is 1. The lowest BCUT2D eigenvalue weighted by Crippen LogP contribution is -2.18. The molecule has 1 amide bonds. The van der Waals surface area contributed by atoms with Gasteiger partial charge in [0.25, 0.3) is 5.91 Å². The van der Waals surface area contributed by atoms with E-state index in [1.54, 1.807) is 17.5 Å². The van der Waals surface area contributed by atoms with E-state index in [9.17, 15) is 22.0 Å². The van der Waals surface area contributed by atoms with Crippen molar-refractivity contribution < 1.29 is 22.0 Å². The first kappa shape index (κ1) is 24.6. The summed E-state index contributed by atoms with van der Waals surface area (Å²) in [4.78, 5) is 16.5. The Morgan fingerprint density at radius 1 is 1.09 bits per heavy atom. The number of halogens is 3. The molecule has 0 fully saturated rings. The fourth-order valence-corrected chi connectivity index (χ4v) is 5.74. The van der Waals surface area contributed by atoms with Crippen LogP contribution in [0.2, 0.25) is 5.02 Å². The zero-order valence-electron chi connectivity index (χ0n) is 17.7. The number of pyridine rings is 1. The monoisotopic (exact) mass is 531 g/mol. The largest absolute Gasteiger partial charge is 0.281 e. The quantitative estimate of drug-likeness (QED) is 0.255. The van der Waals surface area contributed by atoms with Gasteiger partial charge in [-0.3, -0.25) is 9.78 Å². The summed E-state index contributed by atoms with van der Waals surface area (Å²) in [5.74, 6) is -2.06. The van der Waals surface area contributed by atoms with E-state index >= 15 is 0 Å². The third-order valence-electron chi connectivity index (χ3n) is 4.90.